The maximum Gasteiger partial charge on any atom is 0.217 e. The Morgan fingerprint density at radius 3 is 2.74 bits per heavy atom. The van der Waals surface area contributed by atoms with E-state index in [1.807, 2.05) is 0 Å². The number of rotatable bonds is 4. The zero-order valence-electron chi connectivity index (χ0n) is 13.3. The van der Waals surface area contributed by atoms with Crippen LogP contribution in [-0.2, 0) is 21.3 Å². The molecule has 5 nitrogen and oxygen atoms in total. The van der Waals surface area contributed by atoms with Crippen LogP contribution >= 0.6 is 11.3 Å². The summed E-state index contributed by atoms with van der Waals surface area (Å²) in [5.41, 5.74) is 0. The second-order valence-electron chi connectivity index (χ2n) is 6.76. The van der Waals surface area contributed by atoms with Crippen molar-refractivity contribution in [2.45, 2.75) is 49.6 Å². The zero-order valence-corrected chi connectivity index (χ0v) is 14.9. The number of likely N-dealkylation sites (tertiary alicyclic amines) is 1. The van der Waals surface area contributed by atoms with E-state index in [4.69, 9.17) is 4.74 Å². The number of hydrogen-bond acceptors (Lipinski definition) is 5. The fourth-order valence-electron chi connectivity index (χ4n) is 3.75. The van der Waals surface area contributed by atoms with Gasteiger partial charge in [-0.2, -0.15) is 4.31 Å². The molecule has 3 fully saturated rings. The topological polar surface area (TPSA) is 49.9 Å². The lowest BCUT2D eigenvalue weighted by Gasteiger charge is -2.39. The van der Waals surface area contributed by atoms with E-state index in [1.54, 1.807) is 15.6 Å². The summed E-state index contributed by atoms with van der Waals surface area (Å²) in [4.78, 5) is 3.81. The summed E-state index contributed by atoms with van der Waals surface area (Å²) in [6.45, 7) is 3.96. The van der Waals surface area contributed by atoms with Gasteiger partial charge in [-0.25, -0.2) is 8.42 Å². The molecule has 1 aromatic heterocycles. The number of thiophene rings is 1. The van der Waals surface area contributed by atoms with Crippen LogP contribution in [-0.4, -0.2) is 61.3 Å². The lowest BCUT2D eigenvalue weighted by Crippen LogP contribution is -2.54. The highest BCUT2D eigenvalue weighted by atomic mass is 32.2. The van der Waals surface area contributed by atoms with Crippen molar-refractivity contribution >= 4 is 21.4 Å². The summed E-state index contributed by atoms with van der Waals surface area (Å²) < 4.78 is 33.1. The highest BCUT2D eigenvalue weighted by Crippen LogP contribution is 2.35. The van der Waals surface area contributed by atoms with Gasteiger partial charge >= 0.3 is 0 Å². The molecule has 2 atom stereocenters. The Balaban J connectivity index is 1.46. The van der Waals surface area contributed by atoms with Gasteiger partial charge in [-0.05, 0) is 37.1 Å². The molecule has 128 valence electrons. The van der Waals surface area contributed by atoms with Crippen LogP contribution in [0.3, 0.4) is 0 Å². The highest BCUT2D eigenvalue weighted by Gasteiger charge is 2.46. The van der Waals surface area contributed by atoms with Crippen molar-refractivity contribution < 1.29 is 13.2 Å². The van der Waals surface area contributed by atoms with E-state index in [1.165, 1.54) is 4.88 Å². The Labute approximate surface area is 142 Å². The monoisotopic (exact) mass is 356 g/mol. The molecule has 4 rings (SSSR count). The van der Waals surface area contributed by atoms with Crippen LogP contribution in [0.5, 0.6) is 0 Å². The Kier molecular flexibility index (Phi) is 4.49. The Morgan fingerprint density at radius 1 is 1.17 bits per heavy atom. The van der Waals surface area contributed by atoms with Gasteiger partial charge < -0.3 is 4.74 Å². The molecule has 0 N–H and O–H groups in total. The van der Waals surface area contributed by atoms with E-state index in [0.717, 1.165) is 45.3 Å². The van der Waals surface area contributed by atoms with Gasteiger partial charge in [0.1, 0.15) is 0 Å². The fourth-order valence-corrected chi connectivity index (χ4v) is 6.56. The van der Waals surface area contributed by atoms with E-state index in [0.29, 0.717) is 13.2 Å². The lowest BCUT2D eigenvalue weighted by molar-refractivity contribution is -0.0409. The molecule has 0 amide bonds. The molecule has 7 heteroatoms. The molecule has 1 saturated carbocycles. The first-order chi connectivity index (χ1) is 11.1. The van der Waals surface area contributed by atoms with Gasteiger partial charge in [-0.15, -0.1) is 11.3 Å². The quantitative estimate of drug-likeness (QED) is 0.827. The maximum atomic E-state index is 12.7. The van der Waals surface area contributed by atoms with E-state index >= 15 is 0 Å². The Bertz CT molecular complexity index is 628. The van der Waals surface area contributed by atoms with Crippen LogP contribution in [0, 0.1) is 0 Å². The highest BCUT2D eigenvalue weighted by molar-refractivity contribution is 7.90. The first kappa shape index (κ1) is 16.0. The molecule has 3 heterocycles. The molecule has 2 saturated heterocycles. The van der Waals surface area contributed by atoms with Gasteiger partial charge in [0.2, 0.25) is 10.0 Å². The van der Waals surface area contributed by atoms with Gasteiger partial charge in [-0.1, -0.05) is 6.07 Å². The lowest BCUT2D eigenvalue weighted by atomic mass is 10.0. The van der Waals surface area contributed by atoms with E-state index in [9.17, 15) is 8.42 Å². The van der Waals surface area contributed by atoms with Crippen molar-refractivity contribution in [2.24, 2.45) is 0 Å². The summed E-state index contributed by atoms with van der Waals surface area (Å²) in [7, 11) is -3.11. The minimum atomic E-state index is -3.11. The minimum Gasteiger partial charge on any atom is -0.375 e. The zero-order chi connectivity index (χ0) is 15.9. The standard InChI is InChI=1S/C16H24N2O3S2/c19-23(20,14-3-4-14)18-9-10-21-16-6-8-17(7-5-15(16)18)12-13-2-1-11-22-13/h1-2,11,14-16H,3-10,12H2/t15-,16-/m0/s1. The van der Waals surface area contributed by atoms with Crippen LogP contribution in [0.15, 0.2) is 17.5 Å². The molecule has 0 aromatic carbocycles. The summed E-state index contributed by atoms with van der Waals surface area (Å²) in [5, 5.41) is 1.99. The third kappa shape index (κ3) is 3.35. The number of sulfonamides is 1. The SMILES string of the molecule is O=S(=O)(C1CC1)N1CCO[C@H]2CCN(Cc3cccs3)CC[C@@H]21. The van der Waals surface area contributed by atoms with E-state index in [-0.39, 0.29) is 17.4 Å². The molecule has 23 heavy (non-hydrogen) atoms. The van der Waals surface area contributed by atoms with E-state index < -0.39 is 10.0 Å². The summed E-state index contributed by atoms with van der Waals surface area (Å²) >= 11 is 1.79. The molecule has 0 bridgehead atoms. The second kappa shape index (κ2) is 6.44. The van der Waals surface area contributed by atoms with Crippen LogP contribution in [0.25, 0.3) is 0 Å². The van der Waals surface area contributed by atoms with Crippen LogP contribution in [0.2, 0.25) is 0 Å². The smallest absolute Gasteiger partial charge is 0.217 e. The molecule has 0 spiro atoms. The van der Waals surface area contributed by atoms with Crippen molar-refractivity contribution in [3.8, 4) is 0 Å². The number of morpholine rings is 1. The molecule has 2 aliphatic heterocycles. The molecule has 1 aromatic rings. The van der Waals surface area contributed by atoms with Crippen LogP contribution < -0.4 is 0 Å². The van der Waals surface area contributed by atoms with Crippen molar-refractivity contribution in [2.75, 3.05) is 26.2 Å². The number of ether oxygens (including phenoxy) is 1. The van der Waals surface area contributed by atoms with Gasteiger partial charge in [0.05, 0.1) is 24.0 Å². The molecular weight excluding hydrogens is 332 g/mol. The molecule has 0 unspecified atom stereocenters. The van der Waals surface area contributed by atoms with Crippen molar-refractivity contribution in [3.63, 3.8) is 0 Å². The van der Waals surface area contributed by atoms with Gasteiger partial charge in [0, 0.05) is 31.1 Å². The normalized spacial score (nSPS) is 30.8. The second-order valence-corrected chi connectivity index (χ2v) is 9.96. The molecule has 3 aliphatic rings. The van der Waals surface area contributed by atoms with Crippen molar-refractivity contribution in [3.05, 3.63) is 22.4 Å². The first-order valence-corrected chi connectivity index (χ1v) is 10.9. The van der Waals surface area contributed by atoms with E-state index in [2.05, 4.69) is 22.4 Å². The van der Waals surface area contributed by atoms with Gasteiger partial charge in [0.15, 0.2) is 0 Å². The molecular formula is C16H24N2O3S2. The average molecular weight is 357 g/mol. The predicted molar refractivity (Wildman–Crippen MR) is 91.0 cm³/mol. The van der Waals surface area contributed by atoms with Gasteiger partial charge in [-0.3, -0.25) is 4.90 Å². The fraction of sp³-hybridized carbons (Fsp3) is 0.750. The molecule has 1 aliphatic carbocycles. The predicted octanol–water partition coefficient (Wildman–Crippen LogP) is 1.91. The third-order valence-electron chi connectivity index (χ3n) is 5.15. The average Bonchev–Trinajstić information content (AvgIpc) is 3.32. The summed E-state index contributed by atoms with van der Waals surface area (Å²) in [6.07, 6.45) is 3.53. The summed E-state index contributed by atoms with van der Waals surface area (Å²) in [5.74, 6) is 0. The number of fused-ring (bicyclic) bond motifs is 1. The maximum absolute atomic E-state index is 12.7. The van der Waals surface area contributed by atoms with Crippen molar-refractivity contribution in [1.82, 2.24) is 9.21 Å². The van der Waals surface area contributed by atoms with Crippen molar-refractivity contribution in [1.29, 1.82) is 0 Å². The first-order valence-electron chi connectivity index (χ1n) is 8.51. The van der Waals surface area contributed by atoms with Crippen LogP contribution in [0.4, 0.5) is 0 Å². The minimum absolute atomic E-state index is 0.0303. The third-order valence-corrected chi connectivity index (χ3v) is 8.43. The molecule has 0 radical (unpaired) electrons. The number of nitrogens with zero attached hydrogens (tertiary/aromatic N) is 2. The summed E-state index contributed by atoms with van der Waals surface area (Å²) in [6, 6.07) is 4.29. The largest absolute Gasteiger partial charge is 0.375 e. The van der Waals surface area contributed by atoms with Crippen LogP contribution in [0.1, 0.15) is 30.6 Å². The number of hydrogen-bond donors (Lipinski definition) is 0. The Hall–Kier alpha value is -0.470. The van der Waals surface area contributed by atoms with Gasteiger partial charge in [0.25, 0.3) is 0 Å². The Morgan fingerprint density at radius 2 is 2.00 bits per heavy atom.